The van der Waals surface area contributed by atoms with Gasteiger partial charge in [0.25, 0.3) is 5.91 Å². The van der Waals surface area contributed by atoms with Crippen LogP contribution in [0, 0.1) is 0 Å². The maximum absolute atomic E-state index is 13.1. The van der Waals surface area contributed by atoms with E-state index in [0.717, 1.165) is 23.4 Å². The molecule has 2 aromatic rings. The molecule has 6 nitrogen and oxygen atoms in total. The normalized spacial score (nSPS) is 16.8. The molecule has 1 aromatic carbocycles. The first kappa shape index (κ1) is 21.1. The molecule has 9 heteroatoms. The van der Waals surface area contributed by atoms with Crippen LogP contribution in [0.2, 0.25) is 5.02 Å². The van der Waals surface area contributed by atoms with E-state index in [1.54, 1.807) is 5.38 Å². The molecule has 1 aliphatic heterocycles. The maximum Gasteiger partial charge on any atom is 0.262 e. The van der Waals surface area contributed by atoms with Crippen LogP contribution in [-0.2, 0) is 10.0 Å². The summed E-state index contributed by atoms with van der Waals surface area (Å²) in [5, 5.41) is 5.18. The summed E-state index contributed by atoms with van der Waals surface area (Å²) in [5.41, 5.74) is 1.02. The molecule has 28 heavy (non-hydrogen) atoms. The highest BCUT2D eigenvalue weighted by Gasteiger charge is 2.32. The van der Waals surface area contributed by atoms with E-state index in [-0.39, 0.29) is 21.7 Å². The quantitative estimate of drug-likeness (QED) is 0.745. The number of thiophene rings is 1. The Labute approximate surface area is 175 Å². The average Bonchev–Trinajstić information content (AvgIpc) is 3.19. The number of sulfonamides is 1. The Morgan fingerprint density at radius 2 is 1.82 bits per heavy atom. The number of nitrogens with zero attached hydrogens (tertiary/aromatic N) is 2. The third kappa shape index (κ3) is 4.51. The molecule has 3 rings (SSSR count). The number of carbonyl (C=O) groups is 1. The fourth-order valence-electron chi connectivity index (χ4n) is 3.04. The summed E-state index contributed by atoms with van der Waals surface area (Å²) in [6, 6.07) is 9.04. The second kappa shape index (κ2) is 8.82. The van der Waals surface area contributed by atoms with Crippen LogP contribution >= 0.6 is 22.9 Å². The van der Waals surface area contributed by atoms with Gasteiger partial charge in [0.05, 0.1) is 0 Å². The summed E-state index contributed by atoms with van der Waals surface area (Å²) in [6.07, 6.45) is 0.784. The second-order valence-corrected chi connectivity index (χ2v) is 10.0. The third-order valence-electron chi connectivity index (χ3n) is 4.87. The van der Waals surface area contributed by atoms with E-state index in [1.807, 2.05) is 38.1 Å². The molecule has 1 amide bonds. The van der Waals surface area contributed by atoms with Gasteiger partial charge in [0.1, 0.15) is 9.77 Å². The minimum absolute atomic E-state index is 0.00641. The minimum atomic E-state index is -3.71. The van der Waals surface area contributed by atoms with Crippen LogP contribution in [0.15, 0.2) is 40.6 Å². The molecule has 1 saturated heterocycles. The molecule has 1 aromatic heterocycles. The van der Waals surface area contributed by atoms with Crippen LogP contribution in [0.1, 0.15) is 29.9 Å². The predicted octanol–water partition coefficient (Wildman–Crippen LogP) is 3.44. The summed E-state index contributed by atoms with van der Waals surface area (Å²) in [7, 11) is -3.71. The number of benzene rings is 1. The van der Waals surface area contributed by atoms with Crippen molar-refractivity contribution in [3.8, 4) is 0 Å². The molecule has 0 saturated carbocycles. The van der Waals surface area contributed by atoms with Gasteiger partial charge in [-0.1, -0.05) is 18.5 Å². The van der Waals surface area contributed by atoms with Crippen LogP contribution in [0.5, 0.6) is 0 Å². The van der Waals surface area contributed by atoms with Crippen molar-refractivity contribution in [3.05, 3.63) is 45.6 Å². The number of hydrogen-bond acceptors (Lipinski definition) is 5. The molecule has 0 bridgehead atoms. The van der Waals surface area contributed by atoms with Crippen LogP contribution in [0.4, 0.5) is 5.69 Å². The largest absolute Gasteiger partial charge is 0.369 e. The van der Waals surface area contributed by atoms with Crippen molar-refractivity contribution in [2.45, 2.75) is 31.2 Å². The highest BCUT2D eigenvalue weighted by Crippen LogP contribution is 2.27. The molecule has 1 N–H and O–H groups in total. The lowest BCUT2D eigenvalue weighted by atomic mass is 10.2. The molecule has 0 spiro atoms. The second-order valence-electron chi connectivity index (χ2n) is 6.76. The van der Waals surface area contributed by atoms with Gasteiger partial charge in [0.2, 0.25) is 10.0 Å². The van der Waals surface area contributed by atoms with Gasteiger partial charge in [-0.25, -0.2) is 8.42 Å². The molecule has 1 atom stereocenters. The molecule has 1 aliphatic rings. The standard InChI is InChI=1S/C19H24ClN3O3S2/c1-3-14(2)21-19(24)18-17(8-13-27-18)28(25,26)23-11-9-22(10-12-23)16-6-4-15(20)5-7-16/h4-8,13-14H,3,9-12H2,1-2H3,(H,21,24). The van der Waals surface area contributed by atoms with Crippen molar-refractivity contribution in [1.29, 1.82) is 0 Å². The van der Waals surface area contributed by atoms with Gasteiger partial charge in [-0.3, -0.25) is 4.79 Å². The Bertz CT molecular complexity index is 920. The number of anilines is 1. The number of hydrogen-bond donors (Lipinski definition) is 1. The molecule has 1 fully saturated rings. The Morgan fingerprint density at radius 3 is 2.43 bits per heavy atom. The van der Waals surface area contributed by atoms with Gasteiger partial charge in [-0.15, -0.1) is 11.3 Å². The molecular formula is C19H24ClN3O3S2. The predicted molar refractivity (Wildman–Crippen MR) is 114 cm³/mol. The van der Waals surface area contributed by atoms with Crippen molar-refractivity contribution >= 4 is 44.6 Å². The number of amides is 1. The van der Waals surface area contributed by atoms with E-state index in [4.69, 9.17) is 11.6 Å². The van der Waals surface area contributed by atoms with E-state index in [9.17, 15) is 13.2 Å². The number of carbonyl (C=O) groups excluding carboxylic acids is 1. The van der Waals surface area contributed by atoms with E-state index in [0.29, 0.717) is 31.2 Å². The van der Waals surface area contributed by atoms with Crippen LogP contribution in [-0.4, -0.2) is 50.9 Å². The lowest BCUT2D eigenvalue weighted by Crippen LogP contribution is -2.48. The highest BCUT2D eigenvalue weighted by atomic mass is 35.5. The van der Waals surface area contributed by atoms with Crippen molar-refractivity contribution < 1.29 is 13.2 Å². The zero-order valence-corrected chi connectivity index (χ0v) is 18.3. The fraction of sp³-hybridized carbons (Fsp3) is 0.421. The summed E-state index contributed by atoms with van der Waals surface area (Å²) in [4.78, 5) is 15.0. The van der Waals surface area contributed by atoms with Gasteiger partial charge in [0, 0.05) is 42.9 Å². The van der Waals surface area contributed by atoms with Crippen LogP contribution < -0.4 is 10.2 Å². The number of rotatable bonds is 6. The third-order valence-corrected chi connectivity index (χ3v) is 8.11. The van der Waals surface area contributed by atoms with Crippen LogP contribution in [0.3, 0.4) is 0 Å². The topological polar surface area (TPSA) is 69.7 Å². The Kier molecular flexibility index (Phi) is 6.65. The summed E-state index contributed by atoms with van der Waals surface area (Å²) in [6.45, 7) is 5.77. The summed E-state index contributed by atoms with van der Waals surface area (Å²) in [5.74, 6) is -0.331. The van der Waals surface area contributed by atoms with Crippen molar-refractivity contribution in [2.75, 3.05) is 31.1 Å². The molecule has 0 aliphatic carbocycles. The maximum atomic E-state index is 13.1. The first-order valence-electron chi connectivity index (χ1n) is 9.22. The van der Waals surface area contributed by atoms with Gasteiger partial charge in [-0.05, 0) is 49.1 Å². The zero-order valence-electron chi connectivity index (χ0n) is 15.9. The van der Waals surface area contributed by atoms with E-state index < -0.39 is 10.0 Å². The van der Waals surface area contributed by atoms with Gasteiger partial charge >= 0.3 is 0 Å². The van der Waals surface area contributed by atoms with Gasteiger partial charge < -0.3 is 10.2 Å². The number of nitrogens with one attached hydrogen (secondary N) is 1. The molecule has 1 unspecified atom stereocenters. The number of halogens is 1. The highest BCUT2D eigenvalue weighted by molar-refractivity contribution is 7.89. The Balaban J connectivity index is 1.72. The van der Waals surface area contributed by atoms with Crippen molar-refractivity contribution in [2.24, 2.45) is 0 Å². The smallest absolute Gasteiger partial charge is 0.262 e. The SMILES string of the molecule is CCC(C)NC(=O)c1sccc1S(=O)(=O)N1CCN(c2ccc(Cl)cc2)CC1. The van der Waals surface area contributed by atoms with E-state index >= 15 is 0 Å². The van der Waals surface area contributed by atoms with Crippen molar-refractivity contribution in [3.63, 3.8) is 0 Å². The molecule has 0 radical (unpaired) electrons. The number of piperazine rings is 1. The van der Waals surface area contributed by atoms with Gasteiger partial charge in [-0.2, -0.15) is 4.31 Å². The lowest BCUT2D eigenvalue weighted by Gasteiger charge is -2.35. The zero-order chi connectivity index (χ0) is 20.3. The van der Waals surface area contributed by atoms with E-state index in [1.165, 1.54) is 10.4 Å². The van der Waals surface area contributed by atoms with Gasteiger partial charge in [0.15, 0.2) is 0 Å². The van der Waals surface area contributed by atoms with Crippen LogP contribution in [0.25, 0.3) is 0 Å². The molecular weight excluding hydrogens is 418 g/mol. The lowest BCUT2D eigenvalue weighted by molar-refractivity contribution is 0.0940. The first-order chi connectivity index (χ1) is 13.3. The molecule has 152 valence electrons. The van der Waals surface area contributed by atoms with E-state index in [2.05, 4.69) is 10.2 Å². The summed E-state index contributed by atoms with van der Waals surface area (Å²) < 4.78 is 27.7. The minimum Gasteiger partial charge on any atom is -0.369 e. The first-order valence-corrected chi connectivity index (χ1v) is 11.9. The molecule has 2 heterocycles. The average molecular weight is 442 g/mol. The Hall–Kier alpha value is -1.61. The monoisotopic (exact) mass is 441 g/mol. The Morgan fingerprint density at radius 1 is 1.18 bits per heavy atom. The van der Waals surface area contributed by atoms with Crippen molar-refractivity contribution in [1.82, 2.24) is 9.62 Å². The summed E-state index contributed by atoms with van der Waals surface area (Å²) >= 11 is 7.09. The fourth-order valence-corrected chi connectivity index (χ4v) is 5.89.